The van der Waals surface area contributed by atoms with Gasteiger partial charge in [-0.2, -0.15) is 0 Å². The summed E-state index contributed by atoms with van der Waals surface area (Å²) in [6.07, 6.45) is 0. The van der Waals surface area contributed by atoms with Crippen molar-refractivity contribution in [3.05, 3.63) is 57.5 Å². The zero-order valence-corrected chi connectivity index (χ0v) is 13.8. The van der Waals surface area contributed by atoms with Crippen LogP contribution in [0, 0.1) is 0 Å². The monoisotopic (exact) mass is 442 g/mol. The third-order valence-corrected chi connectivity index (χ3v) is 3.94. The van der Waals surface area contributed by atoms with E-state index in [9.17, 15) is 0 Å². The summed E-state index contributed by atoms with van der Waals surface area (Å²) < 4.78 is 2.23. The second-order valence-electron chi connectivity index (χ2n) is 3.01. The molecule has 0 N–H and O–H groups in total. The molecule has 0 heterocycles. The fourth-order valence-corrected chi connectivity index (χ4v) is 2.49. The summed E-state index contributed by atoms with van der Waals surface area (Å²) >= 11 is 8.61. The van der Waals surface area contributed by atoms with E-state index in [0.717, 1.165) is 8.95 Å². The van der Waals surface area contributed by atoms with E-state index >= 15 is 0 Å². The van der Waals surface area contributed by atoms with Crippen LogP contribution in [0.3, 0.4) is 0 Å². The van der Waals surface area contributed by atoms with Gasteiger partial charge in [0, 0.05) is 18.7 Å². The van der Waals surface area contributed by atoms with Crippen LogP contribution in [-0.2, 0) is 0 Å². The van der Waals surface area contributed by atoms with Crippen LogP contribution in [0.2, 0.25) is 0 Å². The molecule has 2 aromatic rings. The lowest BCUT2D eigenvalue weighted by Gasteiger charge is -2.01. The van der Waals surface area contributed by atoms with Crippen molar-refractivity contribution in [2.24, 2.45) is 0 Å². The largest absolute Gasteiger partial charge is 0.269 e. The molecular formula is C12H13Br2F5S. The molecule has 20 heavy (non-hydrogen) atoms. The van der Waals surface area contributed by atoms with Crippen molar-refractivity contribution in [1.82, 2.24) is 0 Å². The molecule has 0 saturated carbocycles. The SMILES string of the molecule is Brc1ccc(Sc2ccc(Br)cc2)cc1.F.F.F.F.F. The molecule has 0 atom stereocenters. The van der Waals surface area contributed by atoms with Crippen molar-refractivity contribution in [3.63, 3.8) is 0 Å². The van der Waals surface area contributed by atoms with E-state index in [4.69, 9.17) is 0 Å². The van der Waals surface area contributed by atoms with Crippen LogP contribution in [0.1, 0.15) is 0 Å². The second-order valence-corrected chi connectivity index (χ2v) is 5.99. The Labute approximate surface area is 134 Å². The van der Waals surface area contributed by atoms with Crippen LogP contribution in [0.15, 0.2) is 67.3 Å². The first-order chi connectivity index (χ1) is 7.24. The zero-order valence-electron chi connectivity index (χ0n) is 9.82. The Morgan fingerprint density at radius 1 is 0.500 bits per heavy atom. The topological polar surface area (TPSA) is 0 Å². The van der Waals surface area contributed by atoms with Crippen LogP contribution in [0.5, 0.6) is 0 Å². The van der Waals surface area contributed by atoms with Gasteiger partial charge >= 0.3 is 0 Å². The van der Waals surface area contributed by atoms with E-state index in [0.29, 0.717) is 0 Å². The summed E-state index contributed by atoms with van der Waals surface area (Å²) in [7, 11) is 0. The van der Waals surface area contributed by atoms with Gasteiger partial charge in [-0.1, -0.05) is 43.6 Å². The van der Waals surface area contributed by atoms with Gasteiger partial charge in [0.05, 0.1) is 0 Å². The van der Waals surface area contributed by atoms with Gasteiger partial charge in [-0.15, -0.1) is 0 Å². The van der Waals surface area contributed by atoms with Gasteiger partial charge in [0.1, 0.15) is 0 Å². The van der Waals surface area contributed by atoms with Crippen molar-refractivity contribution in [2.45, 2.75) is 9.79 Å². The molecule has 116 valence electrons. The Morgan fingerprint density at radius 2 is 0.750 bits per heavy atom. The molecule has 8 heteroatoms. The normalized spacial score (nSPS) is 7.70. The third-order valence-electron chi connectivity index (χ3n) is 1.86. The van der Waals surface area contributed by atoms with Gasteiger partial charge in [0.15, 0.2) is 0 Å². The van der Waals surface area contributed by atoms with E-state index < -0.39 is 0 Å². The molecule has 0 unspecified atom stereocenters. The highest BCUT2D eigenvalue weighted by molar-refractivity contribution is 9.10. The number of benzene rings is 2. The number of halogens is 7. The van der Waals surface area contributed by atoms with Crippen molar-refractivity contribution < 1.29 is 23.5 Å². The molecule has 0 saturated heterocycles. The molecule has 2 rings (SSSR count). The fourth-order valence-electron chi connectivity index (χ4n) is 1.14. The Hall–Kier alpha value is -0.600. The molecule has 0 nitrogen and oxygen atoms in total. The molecular weight excluding hydrogens is 431 g/mol. The van der Waals surface area contributed by atoms with Gasteiger partial charge in [0.2, 0.25) is 0 Å². The van der Waals surface area contributed by atoms with Crippen molar-refractivity contribution in [2.75, 3.05) is 0 Å². The lowest BCUT2D eigenvalue weighted by atomic mass is 10.4. The Bertz CT molecular complexity index is 407. The second kappa shape index (κ2) is 13.4. The molecule has 0 bridgehead atoms. The predicted molar refractivity (Wildman–Crippen MR) is 84.9 cm³/mol. The summed E-state index contributed by atoms with van der Waals surface area (Å²) in [4.78, 5) is 2.50. The minimum atomic E-state index is 0. The molecule has 0 aliphatic heterocycles. The minimum Gasteiger partial charge on any atom is -0.269 e. The lowest BCUT2D eigenvalue weighted by Crippen LogP contribution is -1.73. The Kier molecular flexibility index (Phi) is 18.5. The van der Waals surface area contributed by atoms with Crippen molar-refractivity contribution in [3.8, 4) is 0 Å². The molecule has 0 amide bonds. The zero-order chi connectivity index (χ0) is 10.7. The van der Waals surface area contributed by atoms with Gasteiger partial charge in [0.25, 0.3) is 0 Å². The predicted octanol–water partition coefficient (Wildman–Crippen LogP) is 6.13. The fraction of sp³-hybridized carbons (Fsp3) is 0. The summed E-state index contributed by atoms with van der Waals surface area (Å²) in [6.45, 7) is 0. The average molecular weight is 444 g/mol. The maximum Gasteiger partial charge on any atom is 0.0176 e. The average Bonchev–Trinajstić information content (AvgIpc) is 2.25. The first-order valence-electron chi connectivity index (χ1n) is 4.43. The van der Waals surface area contributed by atoms with Crippen molar-refractivity contribution in [1.29, 1.82) is 0 Å². The molecule has 2 aromatic carbocycles. The van der Waals surface area contributed by atoms with Crippen LogP contribution in [-0.4, -0.2) is 0 Å². The van der Waals surface area contributed by atoms with E-state index in [1.54, 1.807) is 11.8 Å². The van der Waals surface area contributed by atoms with E-state index in [1.165, 1.54) is 9.79 Å². The quantitative estimate of drug-likeness (QED) is 0.503. The lowest BCUT2D eigenvalue weighted by molar-refractivity contribution is 1.11. The van der Waals surface area contributed by atoms with Crippen LogP contribution in [0.25, 0.3) is 0 Å². The highest BCUT2D eigenvalue weighted by Crippen LogP contribution is 2.29. The highest BCUT2D eigenvalue weighted by atomic mass is 79.9. The van der Waals surface area contributed by atoms with Gasteiger partial charge in [-0.3, -0.25) is 23.5 Å². The van der Waals surface area contributed by atoms with Gasteiger partial charge in [-0.25, -0.2) is 0 Å². The van der Waals surface area contributed by atoms with Crippen LogP contribution in [0.4, 0.5) is 23.5 Å². The molecule has 0 radical (unpaired) electrons. The third kappa shape index (κ3) is 8.55. The molecule has 0 aromatic heterocycles. The Balaban J connectivity index is -0.000000256. The van der Waals surface area contributed by atoms with Crippen LogP contribution >= 0.6 is 43.6 Å². The number of hydrogen-bond donors (Lipinski definition) is 0. The Morgan fingerprint density at radius 3 is 1.00 bits per heavy atom. The van der Waals surface area contributed by atoms with Gasteiger partial charge < -0.3 is 0 Å². The first kappa shape index (κ1) is 27.7. The first-order valence-corrected chi connectivity index (χ1v) is 6.83. The minimum absolute atomic E-state index is 0. The van der Waals surface area contributed by atoms with E-state index in [2.05, 4.69) is 80.4 Å². The van der Waals surface area contributed by atoms with Crippen molar-refractivity contribution >= 4 is 43.6 Å². The molecule has 0 fully saturated rings. The molecule has 0 spiro atoms. The van der Waals surface area contributed by atoms with E-state index in [1.807, 2.05) is 0 Å². The molecule has 0 aliphatic carbocycles. The summed E-state index contributed by atoms with van der Waals surface area (Å²) in [5.41, 5.74) is 0. The number of rotatable bonds is 2. The van der Waals surface area contributed by atoms with Gasteiger partial charge in [-0.05, 0) is 48.5 Å². The summed E-state index contributed by atoms with van der Waals surface area (Å²) in [6, 6.07) is 16.7. The summed E-state index contributed by atoms with van der Waals surface area (Å²) in [5.74, 6) is 0. The maximum atomic E-state index is 3.42. The smallest absolute Gasteiger partial charge is 0.0176 e. The van der Waals surface area contributed by atoms with E-state index in [-0.39, 0.29) is 23.5 Å². The van der Waals surface area contributed by atoms with Crippen LogP contribution < -0.4 is 0 Å². The number of hydrogen-bond acceptors (Lipinski definition) is 1. The maximum absolute atomic E-state index is 3.42. The summed E-state index contributed by atoms with van der Waals surface area (Å²) in [5, 5.41) is 0. The standard InChI is InChI=1S/C12H8Br2S.5FH/c13-9-1-5-11(6-2-9)15-12-7-3-10(14)4-8-12;;;;;/h1-8H;5*1H. The highest BCUT2D eigenvalue weighted by Gasteiger charge is 1.96. The molecule has 0 aliphatic rings.